The van der Waals surface area contributed by atoms with Crippen molar-refractivity contribution < 1.29 is 63.3 Å². The monoisotopic (exact) mass is 598 g/mol. The zero-order valence-corrected chi connectivity index (χ0v) is 26.8. The molecular formula is C33H32ClNaO7. The van der Waals surface area contributed by atoms with Crippen molar-refractivity contribution in [1.29, 1.82) is 0 Å². The molecule has 0 spiro atoms. The van der Waals surface area contributed by atoms with Gasteiger partial charge in [0.05, 0.1) is 14.2 Å². The quantitative estimate of drug-likeness (QED) is 0.110. The number of ether oxygens (including phenoxy) is 3. The van der Waals surface area contributed by atoms with Gasteiger partial charge in [0.25, 0.3) is 0 Å². The standard InChI is InChI=1S/C16H14O3.C13H10O.C3H5ClO2.CH3O.Na/c1-18-15(17)14-16(19-14,12-8-4-2-5-9-12)13-10-6-3-7-11-13;14-13(11-7-3-1-4-8-11)12-9-5-2-6-10-12;1-6-3(5)2-4;1-2;/h2-11,14H,1H3;1-10H;2H2,1H3;1H3;/q;;;-1;+1. The molecule has 1 atom stereocenters. The number of benzene rings is 4. The number of carbonyl (C=O) groups excluding carboxylic acids is 3. The average Bonchev–Trinajstić information content (AvgIpc) is 3.84. The molecule has 0 aliphatic carbocycles. The predicted octanol–water partition coefficient (Wildman–Crippen LogP) is 1.80. The number of rotatable bonds is 6. The van der Waals surface area contributed by atoms with Crippen molar-refractivity contribution >= 4 is 29.3 Å². The van der Waals surface area contributed by atoms with Crippen LogP contribution in [-0.2, 0) is 29.4 Å². The minimum absolute atomic E-state index is 0. The Morgan fingerprint density at radius 2 is 1.05 bits per heavy atom. The van der Waals surface area contributed by atoms with Gasteiger partial charge in [0.2, 0.25) is 0 Å². The number of ketones is 1. The number of epoxide rings is 1. The molecule has 0 aromatic heterocycles. The first-order chi connectivity index (χ1) is 20.0. The first-order valence-electron chi connectivity index (χ1n) is 12.5. The van der Waals surface area contributed by atoms with Crippen LogP contribution < -0.4 is 34.7 Å². The minimum atomic E-state index is -0.699. The van der Waals surface area contributed by atoms with Crippen molar-refractivity contribution in [3.05, 3.63) is 144 Å². The fourth-order valence-electron chi connectivity index (χ4n) is 3.85. The van der Waals surface area contributed by atoms with Gasteiger partial charge in [-0.25, -0.2) is 4.79 Å². The van der Waals surface area contributed by atoms with Gasteiger partial charge in [-0.15, -0.1) is 11.6 Å². The normalized spacial score (nSPS) is 13.4. The molecule has 214 valence electrons. The molecule has 1 fully saturated rings. The predicted molar refractivity (Wildman–Crippen MR) is 156 cm³/mol. The Bertz CT molecular complexity index is 1250. The van der Waals surface area contributed by atoms with Gasteiger partial charge >= 0.3 is 41.5 Å². The molecule has 1 aliphatic heterocycles. The summed E-state index contributed by atoms with van der Waals surface area (Å²) in [6, 6.07) is 38.1. The van der Waals surface area contributed by atoms with Crippen molar-refractivity contribution in [3.8, 4) is 0 Å². The van der Waals surface area contributed by atoms with E-state index in [4.69, 9.17) is 26.2 Å². The Kier molecular flexibility index (Phi) is 17.3. The van der Waals surface area contributed by atoms with Gasteiger partial charge < -0.3 is 19.3 Å². The molecule has 1 unspecified atom stereocenters. The smallest absolute Gasteiger partial charge is 0.857 e. The van der Waals surface area contributed by atoms with E-state index in [9.17, 15) is 14.4 Å². The number of hydrogen-bond donors (Lipinski definition) is 0. The van der Waals surface area contributed by atoms with E-state index in [-0.39, 0.29) is 47.2 Å². The van der Waals surface area contributed by atoms with Gasteiger partial charge in [-0.3, -0.25) is 9.59 Å². The fourth-order valence-corrected chi connectivity index (χ4v) is 3.96. The van der Waals surface area contributed by atoms with Crippen LogP contribution in [0.15, 0.2) is 121 Å². The molecule has 0 radical (unpaired) electrons. The number of carbonyl (C=O) groups is 3. The van der Waals surface area contributed by atoms with Crippen LogP contribution >= 0.6 is 11.6 Å². The molecule has 5 rings (SSSR count). The summed E-state index contributed by atoms with van der Waals surface area (Å²) in [4.78, 5) is 33.5. The summed E-state index contributed by atoms with van der Waals surface area (Å²) in [6.45, 7) is 0. The van der Waals surface area contributed by atoms with E-state index in [1.807, 2.05) is 121 Å². The first-order valence-corrected chi connectivity index (χ1v) is 13.1. The van der Waals surface area contributed by atoms with E-state index in [2.05, 4.69) is 4.74 Å². The second-order valence-corrected chi connectivity index (χ2v) is 8.53. The Morgan fingerprint density at radius 1 is 0.690 bits per heavy atom. The van der Waals surface area contributed by atoms with Crippen molar-refractivity contribution in [2.75, 3.05) is 27.2 Å². The fraction of sp³-hybridized carbons (Fsp3) is 0.182. The van der Waals surface area contributed by atoms with E-state index in [0.717, 1.165) is 29.4 Å². The maximum atomic E-state index is 11.8. The largest absolute Gasteiger partial charge is 1.00 e. The third-order valence-electron chi connectivity index (χ3n) is 5.85. The molecule has 4 aromatic rings. The Morgan fingerprint density at radius 3 is 1.33 bits per heavy atom. The molecule has 42 heavy (non-hydrogen) atoms. The molecule has 1 aliphatic rings. The van der Waals surface area contributed by atoms with Crippen LogP contribution in [0.5, 0.6) is 0 Å². The van der Waals surface area contributed by atoms with E-state index >= 15 is 0 Å². The van der Waals surface area contributed by atoms with E-state index in [0.29, 0.717) is 0 Å². The number of alkyl halides is 1. The third kappa shape index (κ3) is 10.2. The van der Waals surface area contributed by atoms with E-state index in [1.165, 1.54) is 14.2 Å². The molecule has 4 aromatic carbocycles. The van der Waals surface area contributed by atoms with Crippen LogP contribution in [0.25, 0.3) is 0 Å². The Hall–Kier alpha value is -3.30. The minimum Gasteiger partial charge on any atom is -0.857 e. The topological polar surface area (TPSA) is 105 Å². The Balaban J connectivity index is 0.000000339. The van der Waals surface area contributed by atoms with Crippen LogP contribution in [0.1, 0.15) is 27.0 Å². The molecule has 0 N–H and O–H groups in total. The maximum Gasteiger partial charge on any atom is 1.00 e. The summed E-state index contributed by atoms with van der Waals surface area (Å²) in [7, 11) is 3.43. The van der Waals surface area contributed by atoms with Gasteiger partial charge in [0.1, 0.15) is 5.88 Å². The van der Waals surface area contributed by atoms with Crippen LogP contribution in [0.3, 0.4) is 0 Å². The first kappa shape index (κ1) is 36.7. The summed E-state index contributed by atoms with van der Waals surface area (Å²) in [5.74, 6) is -0.716. The maximum absolute atomic E-state index is 11.8. The van der Waals surface area contributed by atoms with Crippen molar-refractivity contribution in [3.63, 3.8) is 0 Å². The van der Waals surface area contributed by atoms with Crippen LogP contribution in [0.2, 0.25) is 0 Å². The summed E-state index contributed by atoms with van der Waals surface area (Å²) in [5.41, 5.74) is 2.71. The number of esters is 2. The van der Waals surface area contributed by atoms with Crippen LogP contribution in [0, 0.1) is 0 Å². The molecule has 1 saturated heterocycles. The van der Waals surface area contributed by atoms with Gasteiger partial charge in [-0.1, -0.05) is 121 Å². The number of halogens is 1. The summed E-state index contributed by atoms with van der Waals surface area (Å²) >= 11 is 4.98. The molecule has 9 heteroatoms. The molecular weight excluding hydrogens is 567 g/mol. The van der Waals surface area contributed by atoms with Gasteiger partial charge in [0.15, 0.2) is 17.5 Å². The van der Waals surface area contributed by atoms with Gasteiger partial charge in [0, 0.05) is 11.1 Å². The van der Waals surface area contributed by atoms with Gasteiger partial charge in [-0.2, -0.15) is 7.11 Å². The van der Waals surface area contributed by atoms with Crippen molar-refractivity contribution in [1.82, 2.24) is 0 Å². The number of hydrogen-bond acceptors (Lipinski definition) is 7. The van der Waals surface area contributed by atoms with Gasteiger partial charge in [-0.05, 0) is 11.1 Å². The summed E-state index contributed by atoms with van der Waals surface area (Å²) in [6.07, 6.45) is -0.567. The summed E-state index contributed by atoms with van der Waals surface area (Å²) < 4.78 is 14.7. The number of methoxy groups -OCH3 is 2. The zero-order valence-electron chi connectivity index (χ0n) is 24.1. The zero-order chi connectivity index (χ0) is 30.1. The molecule has 7 nitrogen and oxygen atoms in total. The summed E-state index contributed by atoms with van der Waals surface area (Å²) in [5, 5.41) is 8.25. The third-order valence-corrected chi connectivity index (χ3v) is 6.06. The SMILES string of the molecule is COC(=O)C1OC1(c1ccccc1)c1ccccc1.COC(=O)CCl.C[O-].O=C(c1ccccc1)c1ccccc1.[Na+]. The molecule has 1 heterocycles. The second-order valence-electron chi connectivity index (χ2n) is 8.26. The average molecular weight is 599 g/mol. The van der Waals surface area contributed by atoms with Crippen LogP contribution in [-0.4, -0.2) is 51.0 Å². The van der Waals surface area contributed by atoms with E-state index < -0.39 is 17.7 Å². The van der Waals surface area contributed by atoms with Crippen molar-refractivity contribution in [2.24, 2.45) is 0 Å². The second kappa shape index (κ2) is 19.8. The van der Waals surface area contributed by atoms with Crippen molar-refractivity contribution in [2.45, 2.75) is 11.7 Å². The molecule has 0 saturated carbocycles. The van der Waals surface area contributed by atoms with Crippen LogP contribution in [0.4, 0.5) is 0 Å². The van der Waals surface area contributed by atoms with E-state index in [1.54, 1.807) is 0 Å². The molecule has 0 amide bonds. The molecule has 0 bridgehead atoms. The Labute approximate surface area is 273 Å².